The molecule has 0 aliphatic carbocycles. The van der Waals surface area contributed by atoms with Crippen molar-refractivity contribution in [3.05, 3.63) is 47.5 Å². The highest BCUT2D eigenvalue weighted by Gasteiger charge is 2.19. The summed E-state index contributed by atoms with van der Waals surface area (Å²) >= 11 is 5.90. The molecular formula is C14H11ClFN3O3S. The molecule has 0 bridgehead atoms. The molecule has 23 heavy (non-hydrogen) atoms. The first kappa shape index (κ1) is 15.7. The molecule has 0 N–H and O–H groups in total. The van der Waals surface area contributed by atoms with Gasteiger partial charge in [-0.15, -0.1) is 0 Å². The van der Waals surface area contributed by atoms with Crippen LogP contribution in [-0.2, 0) is 10.1 Å². The van der Waals surface area contributed by atoms with Crippen LogP contribution >= 0.6 is 11.6 Å². The van der Waals surface area contributed by atoms with Crippen LogP contribution in [0.5, 0.6) is 5.88 Å². The monoisotopic (exact) mass is 355 g/mol. The van der Waals surface area contributed by atoms with E-state index in [0.29, 0.717) is 16.6 Å². The van der Waals surface area contributed by atoms with E-state index in [1.54, 1.807) is 0 Å². The van der Waals surface area contributed by atoms with Gasteiger partial charge in [0.25, 0.3) is 5.88 Å². The number of benzene rings is 1. The van der Waals surface area contributed by atoms with Gasteiger partial charge in [-0.05, 0) is 37.3 Å². The fraction of sp³-hybridized carbons (Fsp3) is 0.143. The number of hydrogen-bond donors (Lipinski definition) is 0. The second-order valence-electron chi connectivity index (χ2n) is 4.65. The van der Waals surface area contributed by atoms with E-state index in [9.17, 15) is 12.8 Å². The van der Waals surface area contributed by atoms with Gasteiger partial charge in [-0.1, -0.05) is 11.6 Å². The molecule has 0 aliphatic heterocycles. The predicted molar refractivity (Wildman–Crippen MR) is 83.9 cm³/mol. The summed E-state index contributed by atoms with van der Waals surface area (Å²) < 4.78 is 43.0. The van der Waals surface area contributed by atoms with E-state index in [0.717, 1.165) is 0 Å². The smallest absolute Gasteiger partial charge is 0.310 e. The number of fused-ring (bicyclic) bond motifs is 1. The topological polar surface area (TPSA) is 74.1 Å². The molecule has 0 saturated heterocycles. The Labute approximate surface area is 136 Å². The van der Waals surface area contributed by atoms with Crippen LogP contribution in [0, 0.1) is 5.82 Å². The van der Waals surface area contributed by atoms with Crippen LogP contribution in [0.25, 0.3) is 16.6 Å². The maximum Gasteiger partial charge on any atom is 0.310 e. The Kier molecular flexibility index (Phi) is 3.95. The summed E-state index contributed by atoms with van der Waals surface area (Å²) in [5.41, 5.74) is 0.863. The number of pyridine rings is 1. The Balaban J connectivity index is 2.23. The Morgan fingerprint density at radius 2 is 2.00 bits per heavy atom. The van der Waals surface area contributed by atoms with Gasteiger partial charge in [0.1, 0.15) is 16.5 Å². The fourth-order valence-electron chi connectivity index (χ4n) is 2.01. The molecule has 0 aliphatic rings. The Morgan fingerprint density at radius 3 is 2.65 bits per heavy atom. The highest BCUT2D eigenvalue weighted by Crippen LogP contribution is 2.29. The molecule has 6 nitrogen and oxygen atoms in total. The lowest BCUT2D eigenvalue weighted by Gasteiger charge is -2.09. The third-order valence-electron chi connectivity index (χ3n) is 3.11. The van der Waals surface area contributed by atoms with Crippen molar-refractivity contribution in [2.45, 2.75) is 6.92 Å². The zero-order chi connectivity index (χ0) is 16.6. The number of rotatable bonds is 4. The summed E-state index contributed by atoms with van der Waals surface area (Å²) in [6, 6.07) is 7.10. The first-order valence-corrected chi connectivity index (χ1v) is 8.57. The van der Waals surface area contributed by atoms with E-state index >= 15 is 0 Å². The first-order valence-electron chi connectivity index (χ1n) is 6.62. The number of nitrogens with zero attached hydrogens (tertiary/aromatic N) is 3. The molecule has 0 saturated carbocycles. The van der Waals surface area contributed by atoms with Crippen molar-refractivity contribution in [2.75, 3.05) is 5.75 Å². The van der Waals surface area contributed by atoms with Crippen molar-refractivity contribution in [2.24, 2.45) is 0 Å². The minimum atomic E-state index is -3.79. The Morgan fingerprint density at radius 1 is 1.30 bits per heavy atom. The lowest BCUT2D eigenvalue weighted by Crippen LogP contribution is -2.13. The normalized spacial score (nSPS) is 11.8. The van der Waals surface area contributed by atoms with Crippen molar-refractivity contribution >= 4 is 32.6 Å². The van der Waals surface area contributed by atoms with Crippen molar-refractivity contribution in [1.29, 1.82) is 0 Å². The Bertz CT molecular complexity index is 971. The highest BCUT2D eigenvalue weighted by molar-refractivity contribution is 7.87. The van der Waals surface area contributed by atoms with Crippen LogP contribution in [-0.4, -0.2) is 28.9 Å². The van der Waals surface area contributed by atoms with Gasteiger partial charge < -0.3 is 4.18 Å². The average molecular weight is 356 g/mol. The molecule has 0 fully saturated rings. The minimum Gasteiger partial charge on any atom is -0.359 e. The maximum atomic E-state index is 13.1. The molecule has 0 amide bonds. The van der Waals surface area contributed by atoms with Gasteiger partial charge in [-0.2, -0.15) is 18.5 Å². The molecule has 0 radical (unpaired) electrons. The van der Waals surface area contributed by atoms with Gasteiger partial charge in [-0.25, -0.2) is 9.07 Å². The molecule has 9 heteroatoms. The zero-order valence-electron chi connectivity index (χ0n) is 11.9. The molecule has 1 aromatic carbocycles. The largest absolute Gasteiger partial charge is 0.359 e. The van der Waals surface area contributed by atoms with E-state index in [1.165, 1.54) is 48.1 Å². The van der Waals surface area contributed by atoms with Gasteiger partial charge in [0.15, 0.2) is 0 Å². The van der Waals surface area contributed by atoms with Crippen molar-refractivity contribution in [3.63, 3.8) is 0 Å². The molecule has 0 unspecified atom stereocenters. The molecule has 0 atom stereocenters. The average Bonchev–Trinajstić information content (AvgIpc) is 2.91. The minimum absolute atomic E-state index is 0.0810. The summed E-state index contributed by atoms with van der Waals surface area (Å²) in [6.45, 7) is 1.45. The van der Waals surface area contributed by atoms with Crippen LogP contribution in [0.4, 0.5) is 4.39 Å². The van der Waals surface area contributed by atoms with Crippen molar-refractivity contribution in [1.82, 2.24) is 14.8 Å². The molecule has 3 aromatic rings. The van der Waals surface area contributed by atoms with Gasteiger partial charge in [0, 0.05) is 5.39 Å². The van der Waals surface area contributed by atoms with Crippen LogP contribution < -0.4 is 4.18 Å². The first-order chi connectivity index (χ1) is 10.9. The molecule has 120 valence electrons. The fourth-order valence-corrected chi connectivity index (χ4v) is 2.68. The molecule has 3 rings (SSSR count). The van der Waals surface area contributed by atoms with Crippen LogP contribution in [0.2, 0.25) is 5.15 Å². The van der Waals surface area contributed by atoms with E-state index in [4.69, 9.17) is 15.8 Å². The number of halogens is 2. The number of aromatic nitrogens is 3. The number of hydrogen-bond acceptors (Lipinski definition) is 5. The van der Waals surface area contributed by atoms with Crippen molar-refractivity contribution < 1.29 is 17.0 Å². The van der Waals surface area contributed by atoms with Crippen molar-refractivity contribution in [3.8, 4) is 11.6 Å². The quantitative estimate of drug-likeness (QED) is 0.531. The third kappa shape index (κ3) is 3.13. The highest BCUT2D eigenvalue weighted by atomic mass is 35.5. The van der Waals surface area contributed by atoms with Gasteiger partial charge in [0.05, 0.1) is 17.6 Å². The second kappa shape index (κ2) is 5.78. The zero-order valence-corrected chi connectivity index (χ0v) is 13.5. The summed E-state index contributed by atoms with van der Waals surface area (Å²) in [4.78, 5) is 3.94. The van der Waals surface area contributed by atoms with E-state index in [-0.39, 0.29) is 16.8 Å². The summed E-state index contributed by atoms with van der Waals surface area (Å²) in [5, 5.41) is 4.81. The molecule has 2 aromatic heterocycles. The molecule has 2 heterocycles. The summed E-state index contributed by atoms with van der Waals surface area (Å²) in [5.74, 6) is -0.777. The lowest BCUT2D eigenvalue weighted by atomic mass is 10.3. The third-order valence-corrected chi connectivity index (χ3v) is 4.43. The van der Waals surface area contributed by atoms with Gasteiger partial charge >= 0.3 is 10.1 Å². The Hall–Kier alpha value is -2.19. The van der Waals surface area contributed by atoms with E-state index < -0.39 is 15.9 Å². The SMILES string of the molecule is CCS(=O)(=O)Oc1nc(Cl)cc2cnn(-c3ccc(F)cc3)c12. The summed E-state index contributed by atoms with van der Waals surface area (Å²) in [7, 11) is -3.79. The van der Waals surface area contributed by atoms with Crippen LogP contribution in [0.1, 0.15) is 6.92 Å². The van der Waals surface area contributed by atoms with Crippen LogP contribution in [0.3, 0.4) is 0 Å². The van der Waals surface area contributed by atoms with E-state index in [1.807, 2.05) is 0 Å². The predicted octanol–water partition coefficient (Wildman–Crippen LogP) is 2.94. The molecular weight excluding hydrogens is 345 g/mol. The second-order valence-corrected chi connectivity index (χ2v) is 6.90. The molecule has 0 spiro atoms. The van der Waals surface area contributed by atoms with Gasteiger partial charge in [0.2, 0.25) is 0 Å². The van der Waals surface area contributed by atoms with Crippen LogP contribution in [0.15, 0.2) is 36.5 Å². The van der Waals surface area contributed by atoms with Gasteiger partial charge in [-0.3, -0.25) is 0 Å². The summed E-state index contributed by atoms with van der Waals surface area (Å²) in [6.07, 6.45) is 1.50. The lowest BCUT2D eigenvalue weighted by molar-refractivity contribution is 0.479. The standard InChI is InChI=1S/C14H11ClFN3O3S/c1-2-23(20,21)22-14-13-9(7-12(15)18-14)8-17-19(13)11-5-3-10(16)4-6-11/h3-8H,2H2,1H3. The maximum absolute atomic E-state index is 13.1. The van der Waals surface area contributed by atoms with E-state index in [2.05, 4.69) is 10.1 Å².